The van der Waals surface area contributed by atoms with Gasteiger partial charge in [0.25, 0.3) is 0 Å². The molecule has 0 aromatic rings. The first-order valence-electron chi connectivity index (χ1n) is 5.48. The van der Waals surface area contributed by atoms with Crippen LogP contribution in [-0.4, -0.2) is 35.1 Å². The number of hydrogen-bond acceptors (Lipinski definition) is 3. The first-order valence-corrected chi connectivity index (χ1v) is 5.48. The van der Waals surface area contributed by atoms with Crippen molar-refractivity contribution < 1.29 is 5.21 Å². The summed E-state index contributed by atoms with van der Waals surface area (Å²) in [4.78, 5) is 2.34. The van der Waals surface area contributed by atoms with E-state index in [-0.39, 0.29) is 0 Å². The van der Waals surface area contributed by atoms with Crippen LogP contribution in [0.1, 0.15) is 39.0 Å². The Balaban J connectivity index is 2.44. The third-order valence-corrected chi connectivity index (χ3v) is 2.85. The van der Waals surface area contributed by atoms with Crippen LogP contribution < -0.4 is 5.73 Å². The molecule has 0 unspecified atom stereocenters. The maximum atomic E-state index is 8.53. The molecule has 4 nitrogen and oxygen atoms in total. The van der Waals surface area contributed by atoms with Gasteiger partial charge in [0.1, 0.15) is 0 Å². The van der Waals surface area contributed by atoms with E-state index >= 15 is 0 Å². The van der Waals surface area contributed by atoms with Crippen molar-refractivity contribution in [3.8, 4) is 0 Å². The molecule has 0 aliphatic heterocycles. The summed E-state index contributed by atoms with van der Waals surface area (Å²) in [5.74, 6) is 0.324. The van der Waals surface area contributed by atoms with Gasteiger partial charge < -0.3 is 10.9 Å². The van der Waals surface area contributed by atoms with E-state index in [4.69, 9.17) is 10.9 Å². The highest BCUT2D eigenvalue weighted by atomic mass is 16.4. The Morgan fingerprint density at radius 1 is 1.50 bits per heavy atom. The summed E-state index contributed by atoms with van der Waals surface area (Å²) in [5, 5.41) is 11.6. The minimum absolute atomic E-state index is 0.324. The molecule has 0 atom stereocenters. The summed E-state index contributed by atoms with van der Waals surface area (Å²) >= 11 is 0. The molecule has 0 amide bonds. The Morgan fingerprint density at radius 2 is 2.14 bits per heavy atom. The lowest BCUT2D eigenvalue weighted by atomic mass is 10.2. The molecule has 0 aromatic heterocycles. The normalized spacial score (nSPS) is 19.4. The van der Waals surface area contributed by atoms with Crippen molar-refractivity contribution >= 4 is 5.84 Å². The van der Waals surface area contributed by atoms with Gasteiger partial charge in [-0.1, -0.05) is 24.9 Å². The lowest BCUT2D eigenvalue weighted by Crippen LogP contribution is -2.40. The molecule has 0 spiro atoms. The molecule has 0 saturated heterocycles. The Bertz CT molecular complexity index is 188. The summed E-state index contributed by atoms with van der Waals surface area (Å²) < 4.78 is 0. The van der Waals surface area contributed by atoms with Crippen molar-refractivity contribution in [3.63, 3.8) is 0 Å². The van der Waals surface area contributed by atoms with Crippen molar-refractivity contribution in [3.05, 3.63) is 0 Å². The van der Waals surface area contributed by atoms with E-state index in [1.807, 2.05) is 0 Å². The molecule has 1 aliphatic carbocycles. The topological polar surface area (TPSA) is 61.8 Å². The standard InChI is InChI=1S/C10H21N3O/c1-2-7-13(8-10(11)12-14)9-5-3-4-6-9/h9,14H,2-8H2,1H3,(H2,11,12). The van der Waals surface area contributed by atoms with Gasteiger partial charge in [-0.15, -0.1) is 0 Å². The number of hydrogen-bond donors (Lipinski definition) is 2. The molecular weight excluding hydrogens is 178 g/mol. The van der Waals surface area contributed by atoms with Crippen LogP contribution in [0.15, 0.2) is 5.16 Å². The van der Waals surface area contributed by atoms with Gasteiger partial charge in [-0.2, -0.15) is 0 Å². The maximum absolute atomic E-state index is 8.53. The van der Waals surface area contributed by atoms with Crippen molar-refractivity contribution in [2.45, 2.75) is 45.1 Å². The molecule has 1 aliphatic rings. The van der Waals surface area contributed by atoms with Gasteiger partial charge in [0.15, 0.2) is 5.84 Å². The molecule has 0 aromatic carbocycles. The second-order valence-corrected chi connectivity index (χ2v) is 4.00. The second kappa shape index (κ2) is 5.86. The lowest BCUT2D eigenvalue weighted by Gasteiger charge is -2.27. The third kappa shape index (κ3) is 3.18. The lowest BCUT2D eigenvalue weighted by molar-refractivity contribution is 0.222. The number of amidine groups is 1. The fourth-order valence-corrected chi connectivity index (χ4v) is 2.19. The van der Waals surface area contributed by atoms with Crippen molar-refractivity contribution in [1.29, 1.82) is 0 Å². The summed E-state index contributed by atoms with van der Waals surface area (Å²) in [6.45, 7) is 3.81. The van der Waals surface area contributed by atoms with Gasteiger partial charge in [0.2, 0.25) is 0 Å². The highest BCUT2D eigenvalue weighted by molar-refractivity contribution is 5.81. The SMILES string of the molecule is CCCN(CC(N)=NO)C1CCCC1. The van der Waals surface area contributed by atoms with Crippen LogP contribution in [0.4, 0.5) is 0 Å². The zero-order chi connectivity index (χ0) is 10.4. The van der Waals surface area contributed by atoms with Gasteiger partial charge >= 0.3 is 0 Å². The number of nitrogens with zero attached hydrogens (tertiary/aromatic N) is 2. The fourth-order valence-electron chi connectivity index (χ4n) is 2.19. The van der Waals surface area contributed by atoms with E-state index < -0.39 is 0 Å². The first-order chi connectivity index (χ1) is 6.77. The van der Waals surface area contributed by atoms with Crippen LogP contribution in [0.2, 0.25) is 0 Å². The molecule has 1 rings (SSSR count). The van der Waals surface area contributed by atoms with E-state index in [0.29, 0.717) is 18.4 Å². The minimum Gasteiger partial charge on any atom is -0.409 e. The third-order valence-electron chi connectivity index (χ3n) is 2.85. The highest BCUT2D eigenvalue weighted by Gasteiger charge is 2.22. The van der Waals surface area contributed by atoms with Crippen LogP contribution in [-0.2, 0) is 0 Å². The molecule has 14 heavy (non-hydrogen) atoms. The molecule has 0 radical (unpaired) electrons. The van der Waals surface area contributed by atoms with Gasteiger partial charge in [0.05, 0.1) is 6.54 Å². The van der Waals surface area contributed by atoms with E-state index in [2.05, 4.69) is 17.0 Å². The van der Waals surface area contributed by atoms with Gasteiger partial charge in [-0.25, -0.2) is 0 Å². The summed E-state index contributed by atoms with van der Waals surface area (Å²) in [6, 6.07) is 0.648. The maximum Gasteiger partial charge on any atom is 0.153 e. The van der Waals surface area contributed by atoms with Crippen LogP contribution in [0, 0.1) is 0 Å². The first kappa shape index (κ1) is 11.3. The molecule has 0 heterocycles. The Kier molecular flexibility index (Phi) is 4.73. The van der Waals surface area contributed by atoms with Crippen molar-refractivity contribution in [2.75, 3.05) is 13.1 Å². The summed E-state index contributed by atoms with van der Waals surface area (Å²) in [5.41, 5.74) is 5.53. The monoisotopic (exact) mass is 199 g/mol. The quantitative estimate of drug-likeness (QED) is 0.304. The van der Waals surface area contributed by atoms with Crippen LogP contribution >= 0.6 is 0 Å². The largest absolute Gasteiger partial charge is 0.409 e. The Labute approximate surface area is 85.8 Å². The molecule has 3 N–H and O–H groups in total. The van der Waals surface area contributed by atoms with Crippen LogP contribution in [0.25, 0.3) is 0 Å². The fraction of sp³-hybridized carbons (Fsp3) is 0.900. The Morgan fingerprint density at radius 3 is 2.64 bits per heavy atom. The van der Waals surface area contributed by atoms with E-state index in [1.165, 1.54) is 25.7 Å². The van der Waals surface area contributed by atoms with E-state index in [0.717, 1.165) is 13.0 Å². The predicted molar refractivity (Wildman–Crippen MR) is 57.5 cm³/mol. The molecule has 1 fully saturated rings. The zero-order valence-corrected chi connectivity index (χ0v) is 8.95. The molecule has 0 bridgehead atoms. The van der Waals surface area contributed by atoms with Gasteiger partial charge in [0, 0.05) is 6.04 Å². The summed E-state index contributed by atoms with van der Waals surface area (Å²) in [7, 11) is 0. The van der Waals surface area contributed by atoms with Crippen molar-refractivity contribution in [2.24, 2.45) is 10.9 Å². The van der Waals surface area contributed by atoms with E-state index in [1.54, 1.807) is 0 Å². The number of oxime groups is 1. The van der Waals surface area contributed by atoms with E-state index in [9.17, 15) is 0 Å². The van der Waals surface area contributed by atoms with Crippen LogP contribution in [0.5, 0.6) is 0 Å². The molecule has 4 heteroatoms. The van der Waals surface area contributed by atoms with Gasteiger partial charge in [-0.3, -0.25) is 4.90 Å². The number of nitrogens with two attached hydrogens (primary N) is 1. The van der Waals surface area contributed by atoms with Crippen molar-refractivity contribution in [1.82, 2.24) is 4.90 Å². The highest BCUT2D eigenvalue weighted by Crippen LogP contribution is 2.23. The smallest absolute Gasteiger partial charge is 0.153 e. The molecule has 82 valence electrons. The second-order valence-electron chi connectivity index (χ2n) is 4.00. The van der Waals surface area contributed by atoms with Gasteiger partial charge in [-0.05, 0) is 25.8 Å². The Hall–Kier alpha value is -0.770. The average Bonchev–Trinajstić information content (AvgIpc) is 2.69. The van der Waals surface area contributed by atoms with Crippen LogP contribution in [0.3, 0.4) is 0 Å². The summed E-state index contributed by atoms with van der Waals surface area (Å²) in [6.07, 6.45) is 6.29. The molecule has 1 saturated carbocycles. The number of rotatable bonds is 5. The zero-order valence-electron chi connectivity index (χ0n) is 8.95. The average molecular weight is 199 g/mol. The molecular formula is C10H21N3O. The minimum atomic E-state index is 0.324. The predicted octanol–water partition coefficient (Wildman–Crippen LogP) is 1.39.